The summed E-state index contributed by atoms with van der Waals surface area (Å²) in [7, 11) is 1.89. The van der Waals surface area contributed by atoms with Crippen molar-refractivity contribution < 1.29 is 20.4 Å². The van der Waals surface area contributed by atoms with Gasteiger partial charge in [0.1, 0.15) is 12.4 Å². The molecular formula is C19H35NO4. The van der Waals surface area contributed by atoms with Crippen LogP contribution in [-0.4, -0.2) is 45.9 Å². The predicted octanol–water partition coefficient (Wildman–Crippen LogP) is 4.17. The molecule has 1 N–H and O–H groups in total. The molecule has 0 aromatic heterocycles. The van der Waals surface area contributed by atoms with Crippen molar-refractivity contribution in [2.24, 2.45) is 0 Å². The largest absolute Gasteiger partial charge is 0.494 e. The molecule has 5 nitrogen and oxygen atoms in total. The van der Waals surface area contributed by atoms with Crippen LogP contribution in [0.15, 0.2) is 24.3 Å². The highest BCUT2D eigenvalue weighted by atomic mass is 16.5. The summed E-state index contributed by atoms with van der Waals surface area (Å²) in [5.41, 5.74) is 1.07. The lowest BCUT2D eigenvalue weighted by Gasteiger charge is -2.08. The Morgan fingerprint density at radius 2 is 1.54 bits per heavy atom. The molecule has 0 heterocycles. The van der Waals surface area contributed by atoms with Gasteiger partial charge >= 0.3 is 0 Å². The van der Waals surface area contributed by atoms with Gasteiger partial charge in [0.25, 0.3) is 0 Å². The van der Waals surface area contributed by atoms with Gasteiger partial charge in [0.05, 0.1) is 6.61 Å². The van der Waals surface area contributed by atoms with Crippen molar-refractivity contribution in [3.63, 3.8) is 0 Å². The van der Waals surface area contributed by atoms with Crippen molar-refractivity contribution in [1.82, 2.24) is 0 Å². The van der Waals surface area contributed by atoms with Crippen LogP contribution in [0.25, 0.3) is 0 Å². The van der Waals surface area contributed by atoms with E-state index in [-0.39, 0.29) is 13.8 Å². The van der Waals surface area contributed by atoms with Gasteiger partial charge in [-0.1, -0.05) is 13.8 Å². The van der Waals surface area contributed by atoms with E-state index >= 15 is 0 Å². The Labute approximate surface area is 148 Å². The van der Waals surface area contributed by atoms with Gasteiger partial charge < -0.3 is 19.5 Å². The highest BCUT2D eigenvalue weighted by Crippen LogP contribution is 2.15. The fourth-order valence-corrected chi connectivity index (χ4v) is 1.80. The minimum absolute atomic E-state index is 0. The minimum Gasteiger partial charge on any atom is -0.494 e. The average Bonchev–Trinajstić information content (AvgIpc) is 2.61. The number of hydrogen-bond donors (Lipinski definition) is 1. The summed E-state index contributed by atoms with van der Waals surface area (Å²) in [4.78, 5) is 10.6. The monoisotopic (exact) mass is 341 g/mol. The first-order valence-electron chi connectivity index (χ1n) is 8.78. The first-order chi connectivity index (χ1) is 11.7. The zero-order valence-electron chi connectivity index (χ0n) is 15.6. The fourth-order valence-electron chi connectivity index (χ4n) is 1.80. The maximum absolute atomic E-state index is 10.6. The Bertz CT molecular complexity index is 412. The Kier molecular flexibility index (Phi) is 15.2. The lowest BCUT2D eigenvalue weighted by molar-refractivity contribution is -0.121. The number of carbonyl (C=O) groups excluding carboxylic acids is 1. The Morgan fingerprint density at radius 3 is 2.12 bits per heavy atom. The molecule has 0 radical (unpaired) electrons. The van der Waals surface area contributed by atoms with E-state index < -0.39 is 0 Å². The summed E-state index contributed by atoms with van der Waals surface area (Å²) in [6.45, 7) is 8.44. The van der Waals surface area contributed by atoms with E-state index in [1.807, 2.05) is 45.2 Å². The molecule has 1 aromatic rings. The zero-order valence-corrected chi connectivity index (χ0v) is 15.6. The first-order valence-corrected chi connectivity index (χ1v) is 8.78. The molecule has 0 aliphatic heterocycles. The molecule has 0 atom stereocenters. The standard InChI is InChI=1S/C17H27NO4.C2H6.H2/c1-15(19)14-21-11-4-3-10-20-12-5-13-22-17-8-6-16(18-2)7-9-17;1-2;/h6-9,18H,3-5,10-14H2,1-2H3;1-2H3;1H. The van der Waals surface area contributed by atoms with Crippen LogP contribution >= 0.6 is 0 Å². The van der Waals surface area contributed by atoms with Gasteiger partial charge in [-0.15, -0.1) is 0 Å². The summed E-state index contributed by atoms with van der Waals surface area (Å²) < 4.78 is 16.3. The first kappa shape index (κ1) is 22.4. The van der Waals surface area contributed by atoms with E-state index in [2.05, 4.69) is 5.32 Å². The number of nitrogens with one attached hydrogen (secondary N) is 1. The van der Waals surface area contributed by atoms with Crippen LogP contribution in [0.3, 0.4) is 0 Å². The van der Waals surface area contributed by atoms with E-state index in [4.69, 9.17) is 14.2 Å². The molecule has 0 bridgehead atoms. The molecule has 0 aliphatic rings. The molecule has 0 aliphatic carbocycles. The van der Waals surface area contributed by atoms with Crippen LogP contribution in [0.4, 0.5) is 5.69 Å². The summed E-state index contributed by atoms with van der Waals surface area (Å²) in [6.07, 6.45) is 2.74. The molecule has 0 spiro atoms. The summed E-state index contributed by atoms with van der Waals surface area (Å²) in [5, 5.41) is 3.07. The van der Waals surface area contributed by atoms with Gasteiger partial charge in [-0.3, -0.25) is 4.79 Å². The van der Waals surface area contributed by atoms with E-state index in [0.29, 0.717) is 19.8 Å². The van der Waals surface area contributed by atoms with Crippen molar-refractivity contribution in [2.45, 2.75) is 40.0 Å². The summed E-state index contributed by atoms with van der Waals surface area (Å²) in [6, 6.07) is 7.88. The third-order valence-corrected chi connectivity index (χ3v) is 2.98. The minimum atomic E-state index is 0. The number of benzene rings is 1. The van der Waals surface area contributed by atoms with Crippen LogP contribution < -0.4 is 10.1 Å². The lowest BCUT2D eigenvalue weighted by atomic mass is 10.3. The fraction of sp³-hybridized carbons (Fsp3) is 0.632. The topological polar surface area (TPSA) is 56.8 Å². The molecule has 5 heteroatoms. The number of carbonyl (C=O) groups is 1. The van der Waals surface area contributed by atoms with Gasteiger partial charge in [0.2, 0.25) is 0 Å². The quantitative estimate of drug-likeness (QED) is 0.546. The lowest BCUT2D eigenvalue weighted by Crippen LogP contribution is -2.07. The smallest absolute Gasteiger partial charge is 0.155 e. The summed E-state index contributed by atoms with van der Waals surface area (Å²) in [5.74, 6) is 0.943. The van der Waals surface area contributed by atoms with E-state index in [9.17, 15) is 4.79 Å². The average molecular weight is 341 g/mol. The van der Waals surface area contributed by atoms with E-state index in [1.54, 1.807) is 0 Å². The molecule has 0 unspecified atom stereocenters. The van der Waals surface area contributed by atoms with Crippen LogP contribution in [0.1, 0.15) is 41.5 Å². The highest BCUT2D eigenvalue weighted by molar-refractivity contribution is 5.76. The van der Waals surface area contributed by atoms with Crippen LogP contribution in [-0.2, 0) is 14.3 Å². The second kappa shape index (κ2) is 16.3. The van der Waals surface area contributed by atoms with Crippen molar-refractivity contribution >= 4 is 11.5 Å². The van der Waals surface area contributed by atoms with Crippen LogP contribution in [0.2, 0.25) is 0 Å². The Morgan fingerprint density at radius 1 is 0.958 bits per heavy atom. The van der Waals surface area contributed by atoms with Gasteiger partial charge in [-0.05, 0) is 44.0 Å². The van der Waals surface area contributed by atoms with Crippen molar-refractivity contribution in [3.05, 3.63) is 24.3 Å². The number of ketones is 1. The maximum atomic E-state index is 10.6. The second-order valence-corrected chi connectivity index (χ2v) is 5.05. The third kappa shape index (κ3) is 12.9. The number of ether oxygens (including phenoxy) is 3. The van der Waals surface area contributed by atoms with Crippen LogP contribution in [0, 0.1) is 0 Å². The molecule has 0 saturated heterocycles. The van der Waals surface area contributed by atoms with Gasteiger partial charge in [-0.2, -0.15) is 0 Å². The molecule has 1 aromatic carbocycles. The number of unbranched alkanes of at least 4 members (excludes halogenated alkanes) is 1. The molecular weight excluding hydrogens is 306 g/mol. The molecule has 0 amide bonds. The normalized spacial score (nSPS) is 9.83. The molecule has 0 saturated carbocycles. The van der Waals surface area contributed by atoms with E-state index in [0.717, 1.165) is 37.3 Å². The van der Waals surface area contributed by atoms with Crippen molar-refractivity contribution in [2.75, 3.05) is 45.4 Å². The van der Waals surface area contributed by atoms with Crippen molar-refractivity contribution in [3.8, 4) is 5.75 Å². The van der Waals surface area contributed by atoms with E-state index in [1.165, 1.54) is 6.92 Å². The van der Waals surface area contributed by atoms with Gasteiger partial charge in [0, 0.05) is 40.4 Å². The van der Waals surface area contributed by atoms with Crippen molar-refractivity contribution in [1.29, 1.82) is 0 Å². The van der Waals surface area contributed by atoms with Gasteiger partial charge in [-0.25, -0.2) is 0 Å². The highest BCUT2D eigenvalue weighted by Gasteiger charge is 1.96. The maximum Gasteiger partial charge on any atom is 0.155 e. The number of anilines is 1. The molecule has 24 heavy (non-hydrogen) atoms. The zero-order chi connectivity index (χ0) is 18.0. The second-order valence-electron chi connectivity index (χ2n) is 5.05. The van der Waals surface area contributed by atoms with Crippen LogP contribution in [0.5, 0.6) is 5.75 Å². The number of hydrogen-bond acceptors (Lipinski definition) is 5. The Hall–Kier alpha value is -1.59. The molecule has 1 rings (SSSR count). The third-order valence-electron chi connectivity index (χ3n) is 2.98. The Balaban J connectivity index is 0. The number of rotatable bonds is 13. The molecule has 140 valence electrons. The predicted molar refractivity (Wildman–Crippen MR) is 101 cm³/mol. The van der Waals surface area contributed by atoms with Gasteiger partial charge in [0.15, 0.2) is 5.78 Å². The SMILES string of the molecule is CC.CNc1ccc(OCCCOCCCCOCC(C)=O)cc1.[HH]. The molecule has 0 fully saturated rings. The summed E-state index contributed by atoms with van der Waals surface area (Å²) >= 11 is 0. The number of Topliss-reactive ketones (excluding diaryl/α,β-unsaturated/α-hetero) is 1.